The average Bonchev–Trinajstić information content (AvgIpc) is 3.89. The quantitative estimate of drug-likeness (QED) is 0.176. The van der Waals surface area contributed by atoms with Crippen LogP contribution in [0.5, 0.6) is 0 Å². The molecule has 0 amide bonds. The van der Waals surface area contributed by atoms with Crippen LogP contribution in [0.2, 0.25) is 0 Å². The maximum absolute atomic E-state index is 5.47. The predicted octanol–water partition coefficient (Wildman–Crippen LogP) is 13.4. The lowest BCUT2D eigenvalue weighted by Crippen LogP contribution is -2.14. The lowest BCUT2D eigenvalue weighted by Gasteiger charge is -2.22. The fourth-order valence-electron chi connectivity index (χ4n) is 9.61. The van der Waals surface area contributed by atoms with Crippen molar-refractivity contribution >= 4 is 43.6 Å². The zero-order valence-corrected chi connectivity index (χ0v) is 32.6. The highest BCUT2D eigenvalue weighted by Crippen LogP contribution is 2.50. The Hall–Kier alpha value is -7.63. The average molecular weight is 756 g/mol. The van der Waals surface area contributed by atoms with Crippen LogP contribution in [0.25, 0.3) is 100 Å². The predicted molar refractivity (Wildman–Crippen MR) is 242 cm³/mol. The number of para-hydroxylation sites is 3. The first-order valence-electron chi connectivity index (χ1n) is 20.2. The van der Waals surface area contributed by atoms with Crippen LogP contribution in [-0.4, -0.2) is 24.1 Å². The zero-order chi connectivity index (χ0) is 39.2. The molecule has 0 N–H and O–H groups in total. The van der Waals surface area contributed by atoms with E-state index in [1.54, 1.807) is 0 Å². The van der Waals surface area contributed by atoms with Gasteiger partial charge in [0.15, 0.2) is 5.82 Å². The van der Waals surface area contributed by atoms with Gasteiger partial charge in [-0.2, -0.15) is 15.0 Å². The highest BCUT2D eigenvalue weighted by molar-refractivity contribution is 6.11. The van der Waals surface area contributed by atoms with E-state index in [0.717, 1.165) is 71.4 Å². The van der Waals surface area contributed by atoms with Crippen molar-refractivity contribution in [3.8, 4) is 56.7 Å². The summed E-state index contributed by atoms with van der Waals surface area (Å²) >= 11 is 0. The summed E-state index contributed by atoms with van der Waals surface area (Å²) in [6.45, 7) is 4.66. The van der Waals surface area contributed by atoms with Crippen LogP contribution in [-0.2, 0) is 5.41 Å². The highest BCUT2D eigenvalue weighted by atomic mass is 15.3. The number of rotatable bonds is 5. The summed E-state index contributed by atoms with van der Waals surface area (Å²) in [5.74, 6) is 1.73. The van der Waals surface area contributed by atoms with Crippen molar-refractivity contribution in [2.24, 2.45) is 0 Å². The molecule has 0 saturated carbocycles. The van der Waals surface area contributed by atoms with E-state index in [9.17, 15) is 0 Å². The fourth-order valence-corrected chi connectivity index (χ4v) is 9.61. The van der Waals surface area contributed by atoms with Crippen molar-refractivity contribution in [1.29, 1.82) is 0 Å². The van der Waals surface area contributed by atoms with Crippen molar-refractivity contribution in [1.82, 2.24) is 24.1 Å². The summed E-state index contributed by atoms with van der Waals surface area (Å²) in [5, 5.41) is 4.59. The van der Waals surface area contributed by atoms with Gasteiger partial charge in [0.1, 0.15) is 0 Å². The van der Waals surface area contributed by atoms with Crippen LogP contribution in [0.4, 0.5) is 0 Å². The Bertz CT molecular complexity index is 3430. The lowest BCUT2D eigenvalue weighted by molar-refractivity contribution is 0.660. The summed E-state index contributed by atoms with van der Waals surface area (Å²) in [5.41, 5.74) is 14.7. The first-order valence-corrected chi connectivity index (χ1v) is 20.2. The molecule has 0 unspecified atom stereocenters. The molecule has 59 heavy (non-hydrogen) atoms. The monoisotopic (exact) mass is 755 g/mol. The molecule has 0 radical (unpaired) electrons. The van der Waals surface area contributed by atoms with Gasteiger partial charge in [-0.05, 0) is 74.8 Å². The SMILES string of the molecule is CC1(C)c2ccccc2-c2ccc(-c3ccccc3-c3nc(-n4c5ccccc5c5ccccc54)nc(-n4c5ccccc5c5ccc(-c6ccccc6)cc54)n3)cc21. The molecule has 0 aliphatic heterocycles. The Kier molecular flexibility index (Phi) is 7.20. The minimum atomic E-state index is -0.129. The lowest BCUT2D eigenvalue weighted by atomic mass is 9.81. The second kappa shape index (κ2) is 12.7. The van der Waals surface area contributed by atoms with Crippen molar-refractivity contribution in [3.05, 3.63) is 199 Å². The van der Waals surface area contributed by atoms with E-state index >= 15 is 0 Å². The van der Waals surface area contributed by atoms with Gasteiger partial charge in [-0.1, -0.05) is 172 Å². The zero-order valence-electron chi connectivity index (χ0n) is 32.6. The summed E-state index contributed by atoms with van der Waals surface area (Å²) in [6.07, 6.45) is 0. The van der Waals surface area contributed by atoms with Gasteiger partial charge in [0, 0.05) is 32.5 Å². The molecule has 12 rings (SSSR count). The molecule has 5 nitrogen and oxygen atoms in total. The highest BCUT2D eigenvalue weighted by Gasteiger charge is 2.35. The minimum Gasteiger partial charge on any atom is -0.278 e. The Labute approximate surface area is 341 Å². The van der Waals surface area contributed by atoms with Gasteiger partial charge in [0.25, 0.3) is 0 Å². The first-order chi connectivity index (χ1) is 29.0. The molecule has 3 heterocycles. The maximum Gasteiger partial charge on any atom is 0.240 e. The van der Waals surface area contributed by atoms with Crippen LogP contribution < -0.4 is 0 Å². The van der Waals surface area contributed by atoms with Gasteiger partial charge < -0.3 is 0 Å². The molecular weight excluding hydrogens is 719 g/mol. The Morgan fingerprint density at radius 2 is 0.831 bits per heavy atom. The van der Waals surface area contributed by atoms with E-state index in [1.807, 2.05) is 0 Å². The second-order valence-corrected chi connectivity index (χ2v) is 16.1. The molecule has 5 heteroatoms. The Morgan fingerprint density at radius 1 is 0.339 bits per heavy atom. The molecule has 8 aromatic carbocycles. The van der Waals surface area contributed by atoms with Gasteiger partial charge in [-0.25, -0.2) is 0 Å². The summed E-state index contributed by atoms with van der Waals surface area (Å²) < 4.78 is 4.41. The molecule has 0 bridgehead atoms. The molecule has 0 saturated heterocycles. The van der Waals surface area contributed by atoms with E-state index < -0.39 is 0 Å². The van der Waals surface area contributed by atoms with Crippen molar-refractivity contribution in [3.63, 3.8) is 0 Å². The van der Waals surface area contributed by atoms with Gasteiger partial charge >= 0.3 is 0 Å². The number of nitrogens with zero attached hydrogens (tertiary/aromatic N) is 5. The first kappa shape index (κ1) is 33.5. The van der Waals surface area contributed by atoms with Crippen LogP contribution in [0.1, 0.15) is 25.0 Å². The number of aromatic nitrogens is 5. The third-order valence-corrected chi connectivity index (χ3v) is 12.4. The number of benzene rings is 8. The summed E-state index contributed by atoms with van der Waals surface area (Å²) in [6, 6.07) is 67.1. The van der Waals surface area contributed by atoms with Gasteiger partial charge in [-0.15, -0.1) is 0 Å². The van der Waals surface area contributed by atoms with Gasteiger partial charge in [0.05, 0.1) is 22.1 Å². The molecule has 0 spiro atoms. The maximum atomic E-state index is 5.47. The number of hydrogen-bond donors (Lipinski definition) is 0. The molecule has 3 aromatic heterocycles. The molecule has 0 atom stereocenters. The third kappa shape index (κ3) is 5.01. The number of hydrogen-bond acceptors (Lipinski definition) is 3. The van der Waals surface area contributed by atoms with Crippen LogP contribution in [0, 0.1) is 0 Å². The number of fused-ring (bicyclic) bond motifs is 9. The smallest absolute Gasteiger partial charge is 0.240 e. The Balaban J connectivity index is 1.14. The summed E-state index contributed by atoms with van der Waals surface area (Å²) in [7, 11) is 0. The fraction of sp³-hybridized carbons (Fsp3) is 0.0556. The van der Waals surface area contributed by atoms with Crippen molar-refractivity contribution < 1.29 is 0 Å². The van der Waals surface area contributed by atoms with Gasteiger partial charge in [0.2, 0.25) is 11.9 Å². The Morgan fingerprint density at radius 3 is 1.49 bits per heavy atom. The van der Waals surface area contributed by atoms with Crippen molar-refractivity contribution in [2.75, 3.05) is 0 Å². The van der Waals surface area contributed by atoms with Crippen molar-refractivity contribution in [2.45, 2.75) is 19.3 Å². The van der Waals surface area contributed by atoms with Crippen LogP contribution in [0.3, 0.4) is 0 Å². The van der Waals surface area contributed by atoms with E-state index in [1.165, 1.54) is 22.3 Å². The molecular formula is C54H37N5. The second-order valence-electron chi connectivity index (χ2n) is 16.1. The molecule has 1 aliphatic carbocycles. The topological polar surface area (TPSA) is 48.5 Å². The molecule has 11 aromatic rings. The molecule has 1 aliphatic rings. The largest absolute Gasteiger partial charge is 0.278 e. The van der Waals surface area contributed by atoms with E-state index in [-0.39, 0.29) is 5.41 Å². The normalized spacial score (nSPS) is 13.1. The van der Waals surface area contributed by atoms with E-state index in [0.29, 0.717) is 17.7 Å². The van der Waals surface area contributed by atoms with E-state index in [2.05, 4.69) is 211 Å². The molecule has 278 valence electrons. The van der Waals surface area contributed by atoms with Crippen LogP contribution >= 0.6 is 0 Å². The third-order valence-electron chi connectivity index (χ3n) is 12.4. The van der Waals surface area contributed by atoms with E-state index in [4.69, 9.17) is 15.0 Å². The van der Waals surface area contributed by atoms with Crippen LogP contribution in [0.15, 0.2) is 188 Å². The standard InChI is InChI=1S/C54H37N5/c1-54(2)45-24-12-8-19-38(45)39-30-29-36(32-46(39)54)37-18-6-7-23-44(37)51-55-52(58-47-25-13-9-20-40(47)41-21-10-14-26-48(41)58)57-53(56-51)59-49-27-15-11-22-42(49)43-31-28-35(33-50(43)59)34-16-4-3-5-17-34/h3-33H,1-2H3. The summed E-state index contributed by atoms with van der Waals surface area (Å²) in [4.78, 5) is 16.3. The molecule has 0 fully saturated rings. The van der Waals surface area contributed by atoms with Gasteiger partial charge in [-0.3, -0.25) is 9.13 Å². The minimum absolute atomic E-state index is 0.129.